The molecular formula is C17H16F3N3O3. The molecule has 1 aliphatic heterocycles. The van der Waals surface area contributed by atoms with E-state index in [0.29, 0.717) is 31.5 Å². The molecule has 0 aliphatic carbocycles. The normalized spacial score (nSPS) is 15.9. The van der Waals surface area contributed by atoms with Crippen LogP contribution < -0.4 is 0 Å². The van der Waals surface area contributed by atoms with Gasteiger partial charge in [-0.1, -0.05) is 0 Å². The molecule has 6 nitrogen and oxygen atoms in total. The summed E-state index contributed by atoms with van der Waals surface area (Å²) in [6, 6.07) is 6.41. The van der Waals surface area contributed by atoms with Gasteiger partial charge in [0.1, 0.15) is 0 Å². The van der Waals surface area contributed by atoms with Crippen LogP contribution in [-0.4, -0.2) is 44.8 Å². The molecule has 0 radical (unpaired) electrons. The van der Waals surface area contributed by atoms with Crippen LogP contribution in [0.25, 0.3) is 0 Å². The summed E-state index contributed by atoms with van der Waals surface area (Å²) in [4.78, 5) is 24.9. The third kappa shape index (κ3) is 3.71. The number of aromatic nitrogens is 2. The second-order valence-corrected chi connectivity index (χ2v) is 6.08. The average molecular weight is 367 g/mol. The number of carbonyl (C=O) groups excluding carboxylic acids is 1. The number of likely N-dealkylation sites (tertiary alicyclic amines) is 1. The van der Waals surface area contributed by atoms with E-state index in [4.69, 9.17) is 5.11 Å². The number of alkyl halides is 3. The standard InChI is InChI=1S/C17H16F3N3O3/c18-17(19,20)14-7-10-23(21-14)13-5-8-22(9-6-13)15(24)11-1-3-12(4-2-11)16(25)26/h1-4,7,10,13H,5-6,8-9H2,(H,25,26). The molecule has 3 rings (SSSR count). The van der Waals surface area contributed by atoms with E-state index in [1.807, 2.05) is 0 Å². The number of carbonyl (C=O) groups is 2. The fourth-order valence-corrected chi connectivity index (χ4v) is 2.96. The predicted octanol–water partition coefficient (Wildman–Crippen LogP) is 3.08. The topological polar surface area (TPSA) is 75.4 Å². The van der Waals surface area contributed by atoms with Crippen molar-refractivity contribution in [2.24, 2.45) is 0 Å². The number of carboxylic acids is 1. The largest absolute Gasteiger partial charge is 0.478 e. The van der Waals surface area contributed by atoms with Crippen LogP contribution in [0.1, 0.15) is 45.3 Å². The van der Waals surface area contributed by atoms with Crippen LogP contribution in [0.4, 0.5) is 13.2 Å². The zero-order valence-corrected chi connectivity index (χ0v) is 13.6. The van der Waals surface area contributed by atoms with Crippen LogP contribution in [0, 0.1) is 0 Å². The number of halogens is 3. The average Bonchev–Trinajstić information content (AvgIpc) is 3.12. The molecule has 2 heterocycles. The van der Waals surface area contributed by atoms with Crippen molar-refractivity contribution in [1.82, 2.24) is 14.7 Å². The Hall–Kier alpha value is -2.84. The van der Waals surface area contributed by atoms with Crippen LogP contribution in [0.2, 0.25) is 0 Å². The minimum atomic E-state index is -4.47. The molecule has 1 amide bonds. The first-order valence-electron chi connectivity index (χ1n) is 8.00. The van der Waals surface area contributed by atoms with Gasteiger partial charge >= 0.3 is 12.1 Å². The van der Waals surface area contributed by atoms with Crippen molar-refractivity contribution in [3.63, 3.8) is 0 Å². The van der Waals surface area contributed by atoms with Crippen molar-refractivity contribution < 1.29 is 27.9 Å². The maximum absolute atomic E-state index is 12.6. The fraction of sp³-hybridized carbons (Fsp3) is 0.353. The fourth-order valence-electron chi connectivity index (χ4n) is 2.96. The molecule has 1 saturated heterocycles. The first-order chi connectivity index (χ1) is 12.3. The maximum Gasteiger partial charge on any atom is 0.435 e. The van der Waals surface area contributed by atoms with Crippen molar-refractivity contribution in [3.05, 3.63) is 53.3 Å². The van der Waals surface area contributed by atoms with E-state index in [0.717, 1.165) is 6.07 Å². The quantitative estimate of drug-likeness (QED) is 0.905. The van der Waals surface area contributed by atoms with E-state index >= 15 is 0 Å². The summed E-state index contributed by atoms with van der Waals surface area (Å²) in [5, 5.41) is 12.5. The minimum Gasteiger partial charge on any atom is -0.478 e. The zero-order chi connectivity index (χ0) is 18.9. The lowest BCUT2D eigenvalue weighted by Gasteiger charge is -2.32. The smallest absolute Gasteiger partial charge is 0.435 e. The van der Waals surface area contributed by atoms with Gasteiger partial charge in [0.05, 0.1) is 11.6 Å². The molecule has 1 N–H and O–H groups in total. The van der Waals surface area contributed by atoms with Crippen molar-refractivity contribution in [2.45, 2.75) is 25.1 Å². The van der Waals surface area contributed by atoms with E-state index in [1.54, 1.807) is 4.90 Å². The zero-order valence-electron chi connectivity index (χ0n) is 13.6. The number of nitrogens with zero attached hydrogens (tertiary/aromatic N) is 3. The van der Waals surface area contributed by atoms with Gasteiger partial charge in [-0.15, -0.1) is 0 Å². The lowest BCUT2D eigenvalue weighted by atomic mass is 10.0. The highest BCUT2D eigenvalue weighted by Crippen LogP contribution is 2.29. The Balaban J connectivity index is 1.62. The van der Waals surface area contributed by atoms with E-state index in [9.17, 15) is 22.8 Å². The van der Waals surface area contributed by atoms with Crippen LogP contribution in [0.3, 0.4) is 0 Å². The van der Waals surface area contributed by atoms with Gasteiger partial charge in [-0.2, -0.15) is 18.3 Å². The highest BCUT2D eigenvalue weighted by atomic mass is 19.4. The molecule has 138 valence electrons. The number of hydrogen-bond donors (Lipinski definition) is 1. The van der Waals surface area contributed by atoms with E-state index in [1.165, 1.54) is 35.1 Å². The van der Waals surface area contributed by atoms with Gasteiger partial charge < -0.3 is 10.0 Å². The van der Waals surface area contributed by atoms with Gasteiger partial charge in [0, 0.05) is 24.8 Å². The molecule has 1 fully saturated rings. The molecule has 0 saturated carbocycles. The molecule has 9 heteroatoms. The summed E-state index contributed by atoms with van der Waals surface area (Å²) in [7, 11) is 0. The Morgan fingerprint density at radius 2 is 1.62 bits per heavy atom. The summed E-state index contributed by atoms with van der Waals surface area (Å²) in [6.07, 6.45) is -2.16. The van der Waals surface area contributed by atoms with E-state index in [-0.39, 0.29) is 17.5 Å². The van der Waals surface area contributed by atoms with Crippen molar-refractivity contribution >= 4 is 11.9 Å². The van der Waals surface area contributed by atoms with Gasteiger partial charge in [-0.25, -0.2) is 4.79 Å². The van der Waals surface area contributed by atoms with Crippen molar-refractivity contribution in [1.29, 1.82) is 0 Å². The van der Waals surface area contributed by atoms with E-state index < -0.39 is 17.8 Å². The van der Waals surface area contributed by atoms with Crippen LogP contribution >= 0.6 is 0 Å². The Morgan fingerprint density at radius 1 is 1.04 bits per heavy atom. The highest BCUT2D eigenvalue weighted by molar-refractivity contribution is 5.95. The predicted molar refractivity (Wildman–Crippen MR) is 84.8 cm³/mol. The van der Waals surface area contributed by atoms with Gasteiger partial charge in [0.25, 0.3) is 5.91 Å². The number of amides is 1. The van der Waals surface area contributed by atoms with Crippen molar-refractivity contribution in [2.75, 3.05) is 13.1 Å². The van der Waals surface area contributed by atoms with Crippen LogP contribution in [0.5, 0.6) is 0 Å². The molecule has 0 spiro atoms. The molecular weight excluding hydrogens is 351 g/mol. The Labute approximate surface area is 146 Å². The highest BCUT2D eigenvalue weighted by Gasteiger charge is 2.34. The Kier molecular flexibility index (Phi) is 4.71. The summed E-state index contributed by atoms with van der Waals surface area (Å²) < 4.78 is 39.2. The van der Waals surface area contributed by atoms with Crippen LogP contribution in [-0.2, 0) is 6.18 Å². The number of piperidine rings is 1. The number of aromatic carboxylic acids is 1. The van der Waals surface area contributed by atoms with Gasteiger partial charge in [-0.05, 0) is 43.2 Å². The molecule has 1 aromatic heterocycles. The maximum atomic E-state index is 12.6. The summed E-state index contributed by atoms with van der Waals surface area (Å²) in [5.41, 5.74) is -0.444. The second-order valence-electron chi connectivity index (χ2n) is 6.08. The molecule has 0 bridgehead atoms. The van der Waals surface area contributed by atoms with Gasteiger partial charge in [0.15, 0.2) is 5.69 Å². The molecule has 0 atom stereocenters. The second kappa shape index (κ2) is 6.81. The third-order valence-corrected chi connectivity index (χ3v) is 4.40. The number of rotatable bonds is 3. The first kappa shape index (κ1) is 18.0. The molecule has 26 heavy (non-hydrogen) atoms. The van der Waals surface area contributed by atoms with Gasteiger partial charge in [0.2, 0.25) is 0 Å². The van der Waals surface area contributed by atoms with Crippen LogP contribution in [0.15, 0.2) is 36.5 Å². The SMILES string of the molecule is O=C(O)c1ccc(C(=O)N2CCC(n3ccc(C(F)(F)F)n3)CC2)cc1. The molecule has 1 aromatic carbocycles. The Morgan fingerprint density at radius 3 is 2.12 bits per heavy atom. The monoisotopic (exact) mass is 367 g/mol. The lowest BCUT2D eigenvalue weighted by molar-refractivity contribution is -0.141. The van der Waals surface area contributed by atoms with E-state index in [2.05, 4.69) is 5.10 Å². The number of benzene rings is 1. The van der Waals surface area contributed by atoms with Gasteiger partial charge in [-0.3, -0.25) is 9.48 Å². The summed E-state index contributed by atoms with van der Waals surface area (Å²) in [6.45, 7) is 0.788. The molecule has 0 unspecified atom stereocenters. The number of carboxylic acid groups (broad SMARTS) is 1. The summed E-state index contributed by atoms with van der Waals surface area (Å²) in [5.74, 6) is -1.29. The summed E-state index contributed by atoms with van der Waals surface area (Å²) >= 11 is 0. The third-order valence-electron chi connectivity index (χ3n) is 4.40. The first-order valence-corrected chi connectivity index (χ1v) is 8.00. The van der Waals surface area contributed by atoms with Crippen molar-refractivity contribution in [3.8, 4) is 0 Å². The molecule has 2 aromatic rings. The molecule has 1 aliphatic rings. The Bertz CT molecular complexity index is 807. The minimum absolute atomic E-state index is 0.0967. The number of hydrogen-bond acceptors (Lipinski definition) is 3. The lowest BCUT2D eigenvalue weighted by Crippen LogP contribution is -2.39.